The van der Waals surface area contributed by atoms with Gasteiger partial charge in [-0.15, -0.1) is 0 Å². The van der Waals surface area contributed by atoms with Crippen molar-refractivity contribution in [1.82, 2.24) is 10.2 Å². The minimum absolute atomic E-state index is 0.123. The fourth-order valence-electron chi connectivity index (χ4n) is 2.37. The SMILES string of the molecule is CC(C)NC(C)(CCCN1C(=O)CCC1=O)C(N)=O. The lowest BCUT2D eigenvalue weighted by Gasteiger charge is -2.30. The molecular weight excluding hydrogens is 246 g/mol. The molecule has 19 heavy (non-hydrogen) atoms. The number of nitrogens with zero attached hydrogens (tertiary/aromatic N) is 1. The summed E-state index contributed by atoms with van der Waals surface area (Å²) < 4.78 is 0. The Morgan fingerprint density at radius 1 is 1.37 bits per heavy atom. The molecule has 0 saturated carbocycles. The van der Waals surface area contributed by atoms with Crippen LogP contribution in [0.4, 0.5) is 0 Å². The number of nitrogens with one attached hydrogen (secondary N) is 1. The second-order valence-corrected chi connectivity index (χ2v) is 5.54. The Balaban J connectivity index is 2.51. The quantitative estimate of drug-likeness (QED) is 0.644. The minimum Gasteiger partial charge on any atom is -0.368 e. The Kier molecular flexibility index (Phi) is 5.05. The maximum Gasteiger partial charge on any atom is 0.237 e. The highest BCUT2D eigenvalue weighted by Crippen LogP contribution is 2.17. The van der Waals surface area contributed by atoms with Gasteiger partial charge in [0, 0.05) is 25.4 Å². The number of nitrogens with two attached hydrogens (primary N) is 1. The van der Waals surface area contributed by atoms with Crippen molar-refractivity contribution in [2.24, 2.45) is 5.73 Å². The summed E-state index contributed by atoms with van der Waals surface area (Å²) in [5.41, 5.74) is 4.61. The van der Waals surface area contributed by atoms with E-state index in [4.69, 9.17) is 5.73 Å². The summed E-state index contributed by atoms with van der Waals surface area (Å²) in [5, 5.41) is 3.14. The molecule has 108 valence electrons. The van der Waals surface area contributed by atoms with E-state index >= 15 is 0 Å². The van der Waals surface area contributed by atoms with Crippen LogP contribution in [0.5, 0.6) is 0 Å². The van der Waals surface area contributed by atoms with E-state index in [9.17, 15) is 14.4 Å². The Bertz CT molecular complexity index is 365. The third kappa shape index (κ3) is 4.02. The number of rotatable bonds is 7. The lowest BCUT2D eigenvalue weighted by Crippen LogP contribution is -2.55. The van der Waals surface area contributed by atoms with E-state index in [1.165, 1.54) is 4.90 Å². The van der Waals surface area contributed by atoms with Gasteiger partial charge < -0.3 is 11.1 Å². The number of carbonyl (C=O) groups excluding carboxylic acids is 3. The van der Waals surface area contributed by atoms with Gasteiger partial charge in [0.1, 0.15) is 0 Å². The van der Waals surface area contributed by atoms with Crippen molar-refractivity contribution < 1.29 is 14.4 Å². The summed E-state index contributed by atoms with van der Waals surface area (Å²) in [6.07, 6.45) is 1.67. The first-order valence-electron chi connectivity index (χ1n) is 6.67. The van der Waals surface area contributed by atoms with Crippen LogP contribution in [0.1, 0.15) is 46.5 Å². The van der Waals surface area contributed by atoms with Gasteiger partial charge in [0.15, 0.2) is 0 Å². The van der Waals surface area contributed by atoms with Crippen molar-refractivity contribution in [2.45, 2.75) is 58.0 Å². The lowest BCUT2D eigenvalue weighted by atomic mass is 9.94. The largest absolute Gasteiger partial charge is 0.368 e. The second-order valence-electron chi connectivity index (χ2n) is 5.54. The monoisotopic (exact) mass is 269 g/mol. The van der Waals surface area contributed by atoms with E-state index in [0.717, 1.165) is 0 Å². The molecule has 6 nitrogen and oxygen atoms in total. The standard InChI is InChI=1S/C13H23N3O3/c1-9(2)15-13(3,12(14)19)7-4-8-16-10(17)5-6-11(16)18/h9,15H,4-8H2,1-3H3,(H2,14,19). The molecule has 0 radical (unpaired) electrons. The van der Waals surface area contributed by atoms with E-state index in [1.807, 2.05) is 13.8 Å². The average molecular weight is 269 g/mol. The van der Waals surface area contributed by atoms with Crippen molar-refractivity contribution in [1.29, 1.82) is 0 Å². The van der Waals surface area contributed by atoms with Gasteiger partial charge in [-0.25, -0.2) is 0 Å². The number of hydrogen-bond acceptors (Lipinski definition) is 4. The van der Waals surface area contributed by atoms with E-state index in [-0.39, 0.29) is 17.9 Å². The van der Waals surface area contributed by atoms with Crippen molar-refractivity contribution in [3.8, 4) is 0 Å². The van der Waals surface area contributed by atoms with Crippen molar-refractivity contribution >= 4 is 17.7 Å². The van der Waals surface area contributed by atoms with Gasteiger partial charge in [-0.05, 0) is 33.6 Å². The zero-order valence-electron chi connectivity index (χ0n) is 11.9. The number of primary amides is 1. The van der Waals surface area contributed by atoms with Crippen molar-refractivity contribution in [3.63, 3.8) is 0 Å². The molecule has 0 aromatic carbocycles. The maximum atomic E-state index is 11.5. The van der Waals surface area contributed by atoms with E-state index in [2.05, 4.69) is 5.32 Å². The summed E-state index contributed by atoms with van der Waals surface area (Å²) >= 11 is 0. The summed E-state index contributed by atoms with van der Waals surface area (Å²) in [6, 6.07) is 0.132. The van der Waals surface area contributed by atoms with Crippen LogP contribution < -0.4 is 11.1 Å². The van der Waals surface area contributed by atoms with Gasteiger partial charge in [-0.2, -0.15) is 0 Å². The third-order valence-electron chi connectivity index (χ3n) is 3.36. The third-order valence-corrected chi connectivity index (χ3v) is 3.36. The molecule has 3 amide bonds. The normalized spacial score (nSPS) is 19.1. The predicted octanol–water partition coefficient (Wildman–Crippen LogP) is 0.158. The Hall–Kier alpha value is -1.43. The molecule has 1 rings (SSSR count). The van der Waals surface area contributed by atoms with Crippen LogP contribution >= 0.6 is 0 Å². The Morgan fingerprint density at radius 2 is 1.89 bits per heavy atom. The van der Waals surface area contributed by atoms with Crippen LogP contribution in [0.15, 0.2) is 0 Å². The zero-order valence-corrected chi connectivity index (χ0v) is 11.9. The molecule has 1 heterocycles. The lowest BCUT2D eigenvalue weighted by molar-refractivity contribution is -0.138. The smallest absolute Gasteiger partial charge is 0.237 e. The molecule has 0 aromatic rings. The molecule has 6 heteroatoms. The molecule has 1 atom stereocenters. The van der Waals surface area contributed by atoms with Crippen molar-refractivity contribution in [2.75, 3.05) is 6.54 Å². The van der Waals surface area contributed by atoms with Crippen LogP contribution in [-0.4, -0.2) is 40.7 Å². The maximum absolute atomic E-state index is 11.5. The zero-order chi connectivity index (χ0) is 14.6. The van der Waals surface area contributed by atoms with Crippen LogP contribution in [0.3, 0.4) is 0 Å². The van der Waals surface area contributed by atoms with Gasteiger partial charge >= 0.3 is 0 Å². The highest BCUT2D eigenvalue weighted by Gasteiger charge is 2.33. The Labute approximate surface area is 113 Å². The molecule has 0 aromatic heterocycles. The van der Waals surface area contributed by atoms with Gasteiger partial charge in [0.25, 0.3) is 0 Å². The van der Waals surface area contributed by atoms with E-state index in [1.54, 1.807) is 6.92 Å². The first-order chi connectivity index (χ1) is 8.76. The highest BCUT2D eigenvalue weighted by atomic mass is 16.2. The number of likely N-dealkylation sites (tertiary alicyclic amines) is 1. The highest BCUT2D eigenvalue weighted by molar-refractivity contribution is 6.01. The fraction of sp³-hybridized carbons (Fsp3) is 0.769. The first kappa shape index (κ1) is 15.6. The van der Waals surface area contributed by atoms with Crippen LogP contribution in [0, 0.1) is 0 Å². The first-order valence-corrected chi connectivity index (χ1v) is 6.67. The summed E-state index contributed by atoms with van der Waals surface area (Å²) in [6.45, 7) is 5.99. The van der Waals surface area contributed by atoms with E-state index < -0.39 is 11.4 Å². The molecule has 0 aliphatic carbocycles. The number of hydrogen-bond donors (Lipinski definition) is 2. The number of carbonyl (C=O) groups is 3. The molecule has 0 spiro atoms. The summed E-state index contributed by atoms with van der Waals surface area (Å²) in [5.74, 6) is -0.662. The van der Waals surface area contributed by atoms with Gasteiger partial charge in [-0.3, -0.25) is 19.3 Å². The number of imide groups is 1. The van der Waals surface area contributed by atoms with Gasteiger partial charge in [-0.1, -0.05) is 0 Å². The van der Waals surface area contributed by atoms with Gasteiger partial charge in [0.2, 0.25) is 17.7 Å². The minimum atomic E-state index is -0.806. The second kappa shape index (κ2) is 6.14. The van der Waals surface area contributed by atoms with Crippen molar-refractivity contribution in [3.05, 3.63) is 0 Å². The molecule has 1 aliphatic heterocycles. The van der Waals surface area contributed by atoms with E-state index in [0.29, 0.717) is 32.2 Å². The Morgan fingerprint density at radius 3 is 2.32 bits per heavy atom. The predicted molar refractivity (Wildman–Crippen MR) is 71.1 cm³/mol. The molecule has 0 bridgehead atoms. The molecule has 1 fully saturated rings. The van der Waals surface area contributed by atoms with Crippen LogP contribution in [-0.2, 0) is 14.4 Å². The number of amides is 3. The summed E-state index contributed by atoms with van der Waals surface area (Å²) in [4.78, 5) is 35.7. The summed E-state index contributed by atoms with van der Waals surface area (Å²) in [7, 11) is 0. The van der Waals surface area contributed by atoms with Crippen LogP contribution in [0.25, 0.3) is 0 Å². The molecule has 1 unspecified atom stereocenters. The molecule has 3 N–H and O–H groups in total. The van der Waals surface area contributed by atoms with Crippen LogP contribution in [0.2, 0.25) is 0 Å². The topological polar surface area (TPSA) is 92.5 Å². The molecular formula is C13H23N3O3. The fourth-order valence-corrected chi connectivity index (χ4v) is 2.37. The molecule has 1 aliphatic rings. The average Bonchev–Trinajstić information content (AvgIpc) is 2.59. The van der Waals surface area contributed by atoms with Gasteiger partial charge in [0.05, 0.1) is 5.54 Å². The molecule has 1 saturated heterocycles.